The predicted molar refractivity (Wildman–Crippen MR) is 104 cm³/mol. The zero-order valence-corrected chi connectivity index (χ0v) is 16.2. The molecule has 8 nitrogen and oxygen atoms in total. The SMILES string of the molecule is COc1ccc(NC(=O)COC(=O)C(C)N2C(=O)c3ccc(C)cc3C2=O)cc1. The fourth-order valence-corrected chi connectivity index (χ4v) is 2.96. The van der Waals surface area contributed by atoms with E-state index < -0.39 is 36.3 Å². The highest BCUT2D eigenvalue weighted by molar-refractivity contribution is 6.22. The van der Waals surface area contributed by atoms with Gasteiger partial charge in [0.2, 0.25) is 0 Å². The second kappa shape index (κ2) is 8.14. The number of methoxy groups -OCH3 is 1. The third-order valence-electron chi connectivity index (χ3n) is 4.52. The Balaban J connectivity index is 1.58. The Morgan fingerprint density at radius 2 is 1.69 bits per heavy atom. The van der Waals surface area contributed by atoms with E-state index in [2.05, 4.69) is 5.32 Å². The van der Waals surface area contributed by atoms with Gasteiger partial charge in [0.15, 0.2) is 6.61 Å². The number of esters is 1. The van der Waals surface area contributed by atoms with Gasteiger partial charge in [-0.2, -0.15) is 0 Å². The standard InChI is InChI=1S/C21H20N2O6/c1-12-4-9-16-17(10-12)20(26)23(19(16)25)13(2)21(27)29-11-18(24)22-14-5-7-15(28-3)8-6-14/h4-10,13H,11H2,1-3H3,(H,22,24). The maximum atomic E-state index is 12.5. The third kappa shape index (κ3) is 4.11. The summed E-state index contributed by atoms with van der Waals surface area (Å²) in [6, 6.07) is 10.4. The molecule has 1 unspecified atom stereocenters. The van der Waals surface area contributed by atoms with E-state index in [1.54, 1.807) is 49.4 Å². The molecule has 0 saturated carbocycles. The Bertz CT molecular complexity index is 983. The van der Waals surface area contributed by atoms with Gasteiger partial charge < -0.3 is 14.8 Å². The number of nitrogens with one attached hydrogen (secondary N) is 1. The molecule has 150 valence electrons. The summed E-state index contributed by atoms with van der Waals surface area (Å²) in [6.45, 7) is 2.65. The number of carbonyl (C=O) groups excluding carboxylic acids is 4. The molecular formula is C21H20N2O6. The summed E-state index contributed by atoms with van der Waals surface area (Å²) in [4.78, 5) is 50.2. The summed E-state index contributed by atoms with van der Waals surface area (Å²) in [5, 5.41) is 2.58. The summed E-state index contributed by atoms with van der Waals surface area (Å²) < 4.78 is 10.0. The zero-order chi connectivity index (χ0) is 21.1. The summed E-state index contributed by atoms with van der Waals surface area (Å²) in [6.07, 6.45) is 0. The molecule has 1 heterocycles. The molecule has 3 rings (SSSR count). The summed E-state index contributed by atoms with van der Waals surface area (Å²) in [7, 11) is 1.53. The Kier molecular flexibility index (Phi) is 5.63. The Morgan fingerprint density at radius 1 is 1.03 bits per heavy atom. The van der Waals surface area contributed by atoms with E-state index in [0.29, 0.717) is 11.4 Å². The number of amides is 3. The number of aryl methyl sites for hydroxylation is 1. The van der Waals surface area contributed by atoms with Gasteiger partial charge in [-0.3, -0.25) is 19.3 Å². The molecule has 3 amide bonds. The second-order valence-corrected chi connectivity index (χ2v) is 6.59. The number of nitrogens with zero attached hydrogens (tertiary/aromatic N) is 1. The van der Waals surface area contributed by atoms with Crippen molar-refractivity contribution in [1.29, 1.82) is 0 Å². The van der Waals surface area contributed by atoms with Gasteiger partial charge in [-0.1, -0.05) is 11.6 Å². The van der Waals surface area contributed by atoms with Crippen molar-refractivity contribution >= 4 is 29.4 Å². The fraction of sp³-hybridized carbons (Fsp3) is 0.238. The van der Waals surface area contributed by atoms with Crippen molar-refractivity contribution in [3.05, 3.63) is 59.2 Å². The number of imide groups is 1. The maximum Gasteiger partial charge on any atom is 0.329 e. The predicted octanol–water partition coefficient (Wildman–Crippen LogP) is 2.17. The van der Waals surface area contributed by atoms with Crippen LogP contribution < -0.4 is 10.1 Å². The second-order valence-electron chi connectivity index (χ2n) is 6.59. The monoisotopic (exact) mass is 396 g/mol. The first-order chi connectivity index (χ1) is 13.8. The zero-order valence-electron chi connectivity index (χ0n) is 16.2. The van der Waals surface area contributed by atoms with Crippen LogP contribution in [0.5, 0.6) is 5.75 Å². The van der Waals surface area contributed by atoms with Crippen molar-refractivity contribution in [2.24, 2.45) is 0 Å². The summed E-state index contributed by atoms with van der Waals surface area (Å²) in [5.74, 6) is -1.87. The molecule has 2 aromatic carbocycles. The molecule has 0 bridgehead atoms. The molecule has 0 aromatic heterocycles. The van der Waals surface area contributed by atoms with Gasteiger partial charge >= 0.3 is 5.97 Å². The molecule has 29 heavy (non-hydrogen) atoms. The average Bonchev–Trinajstić information content (AvgIpc) is 2.95. The number of ether oxygens (including phenoxy) is 2. The Hall–Kier alpha value is -3.68. The first-order valence-electron chi connectivity index (χ1n) is 8.91. The number of anilines is 1. The van der Waals surface area contributed by atoms with E-state index in [0.717, 1.165) is 10.5 Å². The minimum absolute atomic E-state index is 0.248. The molecule has 1 aliphatic rings. The van der Waals surface area contributed by atoms with Crippen molar-refractivity contribution in [3.8, 4) is 5.75 Å². The van der Waals surface area contributed by atoms with Crippen LogP contribution in [0.15, 0.2) is 42.5 Å². The van der Waals surface area contributed by atoms with Crippen LogP contribution in [0.3, 0.4) is 0 Å². The van der Waals surface area contributed by atoms with Crippen LogP contribution >= 0.6 is 0 Å². The van der Waals surface area contributed by atoms with Gasteiger partial charge in [-0.25, -0.2) is 4.79 Å². The van der Waals surface area contributed by atoms with Crippen molar-refractivity contribution in [3.63, 3.8) is 0 Å². The van der Waals surface area contributed by atoms with Gasteiger partial charge in [0.05, 0.1) is 18.2 Å². The van der Waals surface area contributed by atoms with E-state index in [4.69, 9.17) is 9.47 Å². The minimum atomic E-state index is -1.16. The highest BCUT2D eigenvalue weighted by Crippen LogP contribution is 2.26. The molecule has 0 aliphatic carbocycles. The minimum Gasteiger partial charge on any atom is -0.497 e. The van der Waals surface area contributed by atoms with Gasteiger partial charge in [0, 0.05) is 5.69 Å². The first-order valence-corrected chi connectivity index (χ1v) is 8.91. The molecule has 1 aliphatic heterocycles. The van der Waals surface area contributed by atoms with Crippen LogP contribution in [-0.2, 0) is 14.3 Å². The quantitative estimate of drug-likeness (QED) is 0.593. The van der Waals surface area contributed by atoms with Crippen molar-refractivity contribution in [1.82, 2.24) is 4.90 Å². The lowest BCUT2D eigenvalue weighted by molar-refractivity contribution is -0.150. The van der Waals surface area contributed by atoms with E-state index in [9.17, 15) is 19.2 Å². The number of benzene rings is 2. The van der Waals surface area contributed by atoms with E-state index in [1.165, 1.54) is 14.0 Å². The topological polar surface area (TPSA) is 102 Å². The molecule has 1 N–H and O–H groups in total. The van der Waals surface area contributed by atoms with Gasteiger partial charge in [-0.05, 0) is 50.2 Å². The number of rotatable bonds is 6. The lowest BCUT2D eigenvalue weighted by Crippen LogP contribution is -2.44. The highest BCUT2D eigenvalue weighted by atomic mass is 16.5. The molecule has 0 saturated heterocycles. The van der Waals surface area contributed by atoms with Crippen LogP contribution in [0.25, 0.3) is 0 Å². The van der Waals surface area contributed by atoms with E-state index >= 15 is 0 Å². The summed E-state index contributed by atoms with van der Waals surface area (Å²) in [5.41, 5.74) is 1.84. The number of hydrogen-bond donors (Lipinski definition) is 1. The average molecular weight is 396 g/mol. The van der Waals surface area contributed by atoms with Crippen LogP contribution in [-0.4, -0.2) is 48.3 Å². The molecule has 8 heteroatoms. The van der Waals surface area contributed by atoms with Crippen LogP contribution in [0, 0.1) is 6.92 Å². The number of carbonyl (C=O) groups is 4. The Labute approximate surface area is 167 Å². The molecule has 0 radical (unpaired) electrons. The Morgan fingerprint density at radius 3 is 2.34 bits per heavy atom. The third-order valence-corrected chi connectivity index (χ3v) is 4.52. The lowest BCUT2D eigenvalue weighted by atomic mass is 10.1. The van der Waals surface area contributed by atoms with Crippen LogP contribution in [0.4, 0.5) is 5.69 Å². The maximum absolute atomic E-state index is 12.5. The largest absolute Gasteiger partial charge is 0.497 e. The smallest absolute Gasteiger partial charge is 0.329 e. The van der Waals surface area contributed by atoms with Crippen LogP contribution in [0.1, 0.15) is 33.2 Å². The number of hydrogen-bond acceptors (Lipinski definition) is 6. The molecule has 2 aromatic rings. The van der Waals surface area contributed by atoms with Gasteiger partial charge in [0.25, 0.3) is 17.7 Å². The van der Waals surface area contributed by atoms with E-state index in [1.807, 2.05) is 0 Å². The van der Waals surface area contributed by atoms with Gasteiger partial charge in [0.1, 0.15) is 11.8 Å². The van der Waals surface area contributed by atoms with Crippen molar-refractivity contribution in [2.75, 3.05) is 19.0 Å². The molecular weight excluding hydrogens is 376 g/mol. The number of fused-ring (bicyclic) bond motifs is 1. The molecule has 0 spiro atoms. The summed E-state index contributed by atoms with van der Waals surface area (Å²) >= 11 is 0. The molecule has 0 fully saturated rings. The van der Waals surface area contributed by atoms with Gasteiger partial charge in [-0.15, -0.1) is 0 Å². The lowest BCUT2D eigenvalue weighted by Gasteiger charge is -2.20. The first kappa shape index (κ1) is 20.1. The van der Waals surface area contributed by atoms with Crippen molar-refractivity contribution in [2.45, 2.75) is 19.9 Å². The van der Waals surface area contributed by atoms with Crippen molar-refractivity contribution < 1.29 is 28.7 Å². The van der Waals surface area contributed by atoms with E-state index in [-0.39, 0.29) is 11.1 Å². The normalized spacial score (nSPS) is 13.7. The highest BCUT2D eigenvalue weighted by Gasteiger charge is 2.41. The fourth-order valence-electron chi connectivity index (χ4n) is 2.96. The van der Waals surface area contributed by atoms with Crippen LogP contribution in [0.2, 0.25) is 0 Å². The molecule has 1 atom stereocenters.